The molecule has 4 nitrogen and oxygen atoms in total. The SMILES string of the molecule is O=C1[C@@H]2[C@H](C(=O)N1c1ccncc1)[C@H]1C=C[C@@H]2C1. The Balaban J connectivity index is 1.77. The molecule has 0 aromatic carbocycles. The number of carbonyl (C=O) groups excluding carboxylic acids is 2. The van der Waals surface area contributed by atoms with E-state index in [-0.39, 0.29) is 35.5 Å². The van der Waals surface area contributed by atoms with Gasteiger partial charge in [0, 0.05) is 12.4 Å². The summed E-state index contributed by atoms with van der Waals surface area (Å²) in [4.78, 5) is 30.1. The molecule has 0 radical (unpaired) electrons. The predicted molar refractivity (Wildman–Crippen MR) is 64.4 cm³/mol. The van der Waals surface area contributed by atoms with Crippen molar-refractivity contribution >= 4 is 17.5 Å². The molecule has 18 heavy (non-hydrogen) atoms. The first-order valence-corrected chi connectivity index (χ1v) is 6.23. The maximum Gasteiger partial charge on any atom is 0.238 e. The van der Waals surface area contributed by atoms with Gasteiger partial charge in [0.25, 0.3) is 0 Å². The summed E-state index contributed by atoms with van der Waals surface area (Å²) in [5.41, 5.74) is 0.647. The first kappa shape index (κ1) is 10.00. The summed E-state index contributed by atoms with van der Waals surface area (Å²) in [7, 11) is 0. The number of hydrogen-bond donors (Lipinski definition) is 0. The summed E-state index contributed by atoms with van der Waals surface area (Å²) >= 11 is 0. The molecule has 0 N–H and O–H groups in total. The summed E-state index contributed by atoms with van der Waals surface area (Å²) in [5, 5.41) is 0. The Kier molecular flexibility index (Phi) is 1.82. The minimum atomic E-state index is -0.124. The van der Waals surface area contributed by atoms with Crippen LogP contribution in [-0.2, 0) is 9.59 Å². The van der Waals surface area contributed by atoms with Crippen LogP contribution < -0.4 is 4.90 Å². The lowest BCUT2D eigenvalue weighted by Gasteiger charge is -2.16. The molecule has 0 unspecified atom stereocenters. The van der Waals surface area contributed by atoms with Crippen LogP contribution in [0.4, 0.5) is 5.69 Å². The lowest BCUT2D eigenvalue weighted by Crippen LogP contribution is -2.32. The third kappa shape index (κ3) is 1.08. The van der Waals surface area contributed by atoms with Gasteiger partial charge in [-0.25, -0.2) is 4.90 Å². The minimum Gasteiger partial charge on any atom is -0.274 e. The first-order chi connectivity index (χ1) is 8.77. The second-order valence-corrected chi connectivity index (χ2v) is 5.22. The van der Waals surface area contributed by atoms with Crippen molar-refractivity contribution in [2.75, 3.05) is 4.90 Å². The molecule has 4 heteroatoms. The fourth-order valence-corrected chi connectivity index (χ4v) is 3.65. The second-order valence-electron chi connectivity index (χ2n) is 5.22. The molecule has 3 aliphatic rings. The average molecular weight is 240 g/mol. The van der Waals surface area contributed by atoms with Crippen molar-refractivity contribution in [1.82, 2.24) is 4.98 Å². The molecule has 2 amide bonds. The van der Waals surface area contributed by atoms with Crippen LogP contribution in [0.3, 0.4) is 0 Å². The van der Waals surface area contributed by atoms with E-state index in [2.05, 4.69) is 17.1 Å². The standard InChI is InChI=1S/C14H12N2O2/c17-13-11-8-1-2-9(7-8)12(11)14(18)16(13)10-3-5-15-6-4-10/h1-6,8-9,11-12H,7H2/t8-,9+,11+,12-. The van der Waals surface area contributed by atoms with Crippen LogP contribution in [0.5, 0.6) is 0 Å². The zero-order valence-electron chi connectivity index (χ0n) is 9.69. The van der Waals surface area contributed by atoms with Gasteiger partial charge < -0.3 is 0 Å². The highest BCUT2D eigenvalue weighted by Crippen LogP contribution is 2.53. The van der Waals surface area contributed by atoms with E-state index in [0.29, 0.717) is 5.69 Å². The normalized spacial score (nSPS) is 36.6. The Labute approximate surface area is 104 Å². The van der Waals surface area contributed by atoms with Crippen molar-refractivity contribution in [3.8, 4) is 0 Å². The maximum atomic E-state index is 12.4. The van der Waals surface area contributed by atoms with E-state index in [9.17, 15) is 9.59 Å². The summed E-state index contributed by atoms with van der Waals surface area (Å²) < 4.78 is 0. The molecular formula is C14H12N2O2. The Morgan fingerprint density at radius 3 is 2.11 bits per heavy atom. The summed E-state index contributed by atoms with van der Waals surface area (Å²) in [6.07, 6.45) is 8.39. The molecule has 1 saturated carbocycles. The Bertz CT molecular complexity index is 536. The van der Waals surface area contributed by atoms with Crippen LogP contribution in [-0.4, -0.2) is 16.8 Å². The molecule has 2 heterocycles. The van der Waals surface area contributed by atoms with Crippen molar-refractivity contribution < 1.29 is 9.59 Å². The number of pyridine rings is 1. The van der Waals surface area contributed by atoms with Crippen LogP contribution in [0.15, 0.2) is 36.7 Å². The smallest absolute Gasteiger partial charge is 0.238 e. The molecule has 1 saturated heterocycles. The Morgan fingerprint density at radius 2 is 1.56 bits per heavy atom. The van der Waals surface area contributed by atoms with Gasteiger partial charge in [0.15, 0.2) is 0 Å². The van der Waals surface area contributed by atoms with Crippen molar-refractivity contribution in [2.45, 2.75) is 6.42 Å². The minimum absolute atomic E-state index is 0.0342. The molecule has 4 atom stereocenters. The quantitative estimate of drug-likeness (QED) is 0.550. The van der Waals surface area contributed by atoms with Crippen LogP contribution >= 0.6 is 0 Å². The van der Waals surface area contributed by atoms with Gasteiger partial charge in [0.1, 0.15) is 0 Å². The monoisotopic (exact) mass is 240 g/mol. The number of hydrogen-bond acceptors (Lipinski definition) is 3. The molecule has 2 bridgehead atoms. The Morgan fingerprint density at radius 1 is 1.00 bits per heavy atom. The number of aromatic nitrogens is 1. The highest BCUT2D eigenvalue weighted by molar-refractivity contribution is 6.22. The lowest BCUT2D eigenvalue weighted by molar-refractivity contribution is -0.123. The average Bonchev–Trinajstić information content (AvgIpc) is 3.05. The van der Waals surface area contributed by atoms with E-state index < -0.39 is 0 Å². The molecule has 2 aliphatic carbocycles. The molecule has 2 fully saturated rings. The summed E-state index contributed by atoms with van der Waals surface area (Å²) in [6.45, 7) is 0. The number of anilines is 1. The molecule has 1 aromatic rings. The third-order valence-electron chi connectivity index (χ3n) is 4.39. The van der Waals surface area contributed by atoms with Gasteiger partial charge in [0.2, 0.25) is 11.8 Å². The summed E-state index contributed by atoms with van der Waals surface area (Å²) in [6, 6.07) is 3.43. The van der Waals surface area contributed by atoms with Gasteiger partial charge >= 0.3 is 0 Å². The van der Waals surface area contributed by atoms with Crippen molar-refractivity contribution in [2.24, 2.45) is 23.7 Å². The van der Waals surface area contributed by atoms with Crippen molar-refractivity contribution in [1.29, 1.82) is 0 Å². The topological polar surface area (TPSA) is 50.3 Å². The van der Waals surface area contributed by atoms with Gasteiger partial charge in [-0.15, -0.1) is 0 Å². The predicted octanol–water partition coefficient (Wildman–Crippen LogP) is 1.39. The fraction of sp³-hybridized carbons (Fsp3) is 0.357. The van der Waals surface area contributed by atoms with Crippen LogP contribution in [0.1, 0.15) is 6.42 Å². The largest absolute Gasteiger partial charge is 0.274 e. The zero-order chi connectivity index (χ0) is 12.3. The number of fused-ring (bicyclic) bond motifs is 5. The Hall–Kier alpha value is -1.97. The second kappa shape index (κ2) is 3.28. The van der Waals surface area contributed by atoms with E-state index in [1.165, 1.54) is 4.90 Å². The van der Waals surface area contributed by atoms with Crippen molar-refractivity contribution in [3.63, 3.8) is 0 Å². The van der Waals surface area contributed by atoms with Crippen LogP contribution in [0.25, 0.3) is 0 Å². The van der Waals surface area contributed by atoms with Gasteiger partial charge in [-0.05, 0) is 30.4 Å². The number of allylic oxidation sites excluding steroid dienone is 2. The number of carbonyl (C=O) groups is 2. The van der Waals surface area contributed by atoms with Gasteiger partial charge in [0.05, 0.1) is 17.5 Å². The van der Waals surface area contributed by atoms with E-state index >= 15 is 0 Å². The van der Waals surface area contributed by atoms with Gasteiger partial charge in [-0.2, -0.15) is 0 Å². The molecule has 90 valence electrons. The van der Waals surface area contributed by atoms with Gasteiger partial charge in [-0.1, -0.05) is 12.2 Å². The molecule has 1 aromatic heterocycles. The highest BCUT2D eigenvalue weighted by atomic mass is 16.2. The van der Waals surface area contributed by atoms with E-state index in [1.54, 1.807) is 24.5 Å². The van der Waals surface area contributed by atoms with Crippen LogP contribution in [0.2, 0.25) is 0 Å². The van der Waals surface area contributed by atoms with Crippen LogP contribution in [0, 0.1) is 23.7 Å². The summed E-state index contributed by atoms with van der Waals surface area (Å²) in [5.74, 6) is 0.217. The lowest BCUT2D eigenvalue weighted by atomic mass is 9.85. The van der Waals surface area contributed by atoms with E-state index in [0.717, 1.165) is 6.42 Å². The third-order valence-corrected chi connectivity index (χ3v) is 4.39. The molecular weight excluding hydrogens is 228 g/mol. The number of nitrogens with zero attached hydrogens (tertiary/aromatic N) is 2. The number of imide groups is 1. The molecule has 4 rings (SSSR count). The highest BCUT2D eigenvalue weighted by Gasteiger charge is 2.59. The number of amides is 2. The zero-order valence-corrected chi connectivity index (χ0v) is 9.69. The first-order valence-electron chi connectivity index (χ1n) is 6.23. The van der Waals surface area contributed by atoms with E-state index in [1.807, 2.05) is 0 Å². The van der Waals surface area contributed by atoms with Crippen molar-refractivity contribution in [3.05, 3.63) is 36.7 Å². The van der Waals surface area contributed by atoms with Gasteiger partial charge in [-0.3, -0.25) is 14.6 Å². The maximum absolute atomic E-state index is 12.4. The van der Waals surface area contributed by atoms with E-state index in [4.69, 9.17) is 0 Å². The number of rotatable bonds is 1. The molecule has 0 spiro atoms. The fourth-order valence-electron chi connectivity index (χ4n) is 3.65. The molecule has 1 aliphatic heterocycles.